The average molecular weight is 190 g/mol. The summed E-state index contributed by atoms with van der Waals surface area (Å²) < 4.78 is 5.36. The zero-order valence-electron chi connectivity index (χ0n) is 7.77. The van der Waals surface area contributed by atoms with Crippen LogP contribution in [0.15, 0.2) is 22.7 Å². The second-order valence-corrected chi connectivity index (χ2v) is 2.79. The van der Waals surface area contributed by atoms with Crippen molar-refractivity contribution in [2.24, 2.45) is 0 Å². The van der Waals surface area contributed by atoms with Crippen molar-refractivity contribution in [2.75, 3.05) is 5.73 Å². The number of pyridine rings is 1. The van der Waals surface area contributed by atoms with Crippen LogP contribution in [0.2, 0.25) is 0 Å². The quantitative estimate of drug-likeness (QED) is 0.771. The van der Waals surface area contributed by atoms with Gasteiger partial charge in [0.2, 0.25) is 5.89 Å². The third-order valence-electron chi connectivity index (χ3n) is 1.84. The Bertz CT molecular complexity index is 438. The van der Waals surface area contributed by atoms with Crippen molar-refractivity contribution in [1.29, 1.82) is 0 Å². The number of nitrogens with two attached hydrogens (primary N) is 1. The van der Waals surface area contributed by atoms with Crippen molar-refractivity contribution in [3.05, 3.63) is 24.2 Å². The first-order valence-electron chi connectivity index (χ1n) is 4.34. The number of hydrogen-bond acceptors (Lipinski definition) is 5. The summed E-state index contributed by atoms with van der Waals surface area (Å²) in [6.45, 7) is 1.95. The second-order valence-electron chi connectivity index (χ2n) is 2.79. The fourth-order valence-electron chi connectivity index (χ4n) is 1.10. The Morgan fingerprint density at radius 1 is 1.43 bits per heavy atom. The molecular weight excluding hydrogens is 180 g/mol. The molecule has 5 heteroatoms. The summed E-state index contributed by atoms with van der Waals surface area (Å²) in [5.74, 6) is 1.43. The molecule has 0 aliphatic rings. The van der Waals surface area contributed by atoms with Gasteiger partial charge in [-0.2, -0.15) is 0 Å². The number of aromatic nitrogens is 3. The van der Waals surface area contributed by atoms with Crippen molar-refractivity contribution in [1.82, 2.24) is 15.2 Å². The Balaban J connectivity index is 2.44. The molecule has 0 saturated heterocycles. The molecule has 0 aliphatic heterocycles. The van der Waals surface area contributed by atoms with Gasteiger partial charge in [0, 0.05) is 12.6 Å². The van der Waals surface area contributed by atoms with Gasteiger partial charge in [0.1, 0.15) is 5.82 Å². The lowest BCUT2D eigenvalue weighted by atomic mass is 10.2. The SMILES string of the molecule is CCc1nnc(-c2cccnc2N)o1. The largest absolute Gasteiger partial charge is 0.421 e. The van der Waals surface area contributed by atoms with E-state index < -0.39 is 0 Å². The summed E-state index contributed by atoms with van der Waals surface area (Å²) in [4.78, 5) is 3.94. The fraction of sp³-hybridized carbons (Fsp3) is 0.222. The van der Waals surface area contributed by atoms with Gasteiger partial charge in [0.25, 0.3) is 5.89 Å². The summed E-state index contributed by atoms with van der Waals surface area (Å²) in [7, 11) is 0. The molecule has 2 N–H and O–H groups in total. The van der Waals surface area contributed by atoms with Crippen LogP contribution in [-0.4, -0.2) is 15.2 Å². The lowest BCUT2D eigenvalue weighted by Gasteiger charge is -1.96. The van der Waals surface area contributed by atoms with Crippen LogP contribution in [0.4, 0.5) is 5.82 Å². The van der Waals surface area contributed by atoms with E-state index in [9.17, 15) is 0 Å². The Morgan fingerprint density at radius 2 is 2.29 bits per heavy atom. The first kappa shape index (κ1) is 8.68. The standard InChI is InChI=1S/C9H10N4O/c1-2-7-12-13-9(14-7)6-4-3-5-11-8(6)10/h3-5H,2H2,1H3,(H2,10,11). The second kappa shape index (κ2) is 3.45. The Labute approximate surface area is 81.0 Å². The number of nitrogen functional groups attached to an aromatic ring is 1. The molecule has 14 heavy (non-hydrogen) atoms. The summed E-state index contributed by atoms with van der Waals surface area (Å²) in [6.07, 6.45) is 2.34. The van der Waals surface area contributed by atoms with Gasteiger partial charge in [0.15, 0.2) is 0 Å². The number of aryl methyl sites for hydroxylation is 1. The van der Waals surface area contributed by atoms with E-state index in [1.807, 2.05) is 6.92 Å². The Kier molecular flexibility index (Phi) is 2.14. The molecule has 0 fully saturated rings. The Morgan fingerprint density at radius 3 is 2.93 bits per heavy atom. The van der Waals surface area contributed by atoms with E-state index >= 15 is 0 Å². The minimum absolute atomic E-state index is 0.402. The molecule has 2 aromatic heterocycles. The molecule has 0 bridgehead atoms. The van der Waals surface area contributed by atoms with Crippen LogP contribution in [0.3, 0.4) is 0 Å². The summed E-state index contributed by atoms with van der Waals surface area (Å²) in [6, 6.07) is 3.58. The predicted octanol–water partition coefficient (Wildman–Crippen LogP) is 1.28. The van der Waals surface area contributed by atoms with Gasteiger partial charge < -0.3 is 10.2 Å². The van der Waals surface area contributed by atoms with Crippen molar-refractivity contribution in [3.63, 3.8) is 0 Å². The molecular formula is C9H10N4O. The number of anilines is 1. The third-order valence-corrected chi connectivity index (χ3v) is 1.84. The average Bonchev–Trinajstić information content (AvgIpc) is 2.67. The predicted molar refractivity (Wildman–Crippen MR) is 51.3 cm³/mol. The summed E-state index contributed by atoms with van der Waals surface area (Å²) in [5, 5.41) is 7.73. The van der Waals surface area contributed by atoms with Gasteiger partial charge in [-0.25, -0.2) is 4.98 Å². The van der Waals surface area contributed by atoms with Crippen LogP contribution in [-0.2, 0) is 6.42 Å². The van der Waals surface area contributed by atoms with E-state index in [1.165, 1.54) is 0 Å². The summed E-state index contributed by atoms with van der Waals surface area (Å²) in [5.41, 5.74) is 6.34. The maximum atomic E-state index is 5.66. The van der Waals surface area contributed by atoms with E-state index in [-0.39, 0.29) is 0 Å². The molecule has 0 radical (unpaired) electrons. The molecule has 0 atom stereocenters. The Hall–Kier alpha value is -1.91. The van der Waals surface area contributed by atoms with Crippen LogP contribution in [0, 0.1) is 0 Å². The summed E-state index contributed by atoms with van der Waals surface area (Å²) >= 11 is 0. The van der Waals surface area contributed by atoms with Gasteiger partial charge >= 0.3 is 0 Å². The molecule has 2 heterocycles. The van der Waals surface area contributed by atoms with Gasteiger partial charge in [0.05, 0.1) is 5.56 Å². The van der Waals surface area contributed by atoms with E-state index in [4.69, 9.17) is 10.2 Å². The molecule has 2 aromatic rings. The normalized spacial score (nSPS) is 10.4. The topological polar surface area (TPSA) is 77.8 Å². The molecule has 72 valence electrons. The molecule has 0 spiro atoms. The minimum Gasteiger partial charge on any atom is -0.421 e. The van der Waals surface area contributed by atoms with Gasteiger partial charge in [-0.1, -0.05) is 6.92 Å². The van der Waals surface area contributed by atoms with Crippen LogP contribution in [0.25, 0.3) is 11.5 Å². The van der Waals surface area contributed by atoms with Crippen LogP contribution >= 0.6 is 0 Å². The van der Waals surface area contributed by atoms with Gasteiger partial charge in [-0.05, 0) is 12.1 Å². The lowest BCUT2D eigenvalue weighted by Crippen LogP contribution is -1.92. The van der Waals surface area contributed by atoms with Gasteiger partial charge in [-0.15, -0.1) is 10.2 Å². The van der Waals surface area contributed by atoms with Gasteiger partial charge in [-0.3, -0.25) is 0 Å². The van der Waals surface area contributed by atoms with Crippen LogP contribution in [0.5, 0.6) is 0 Å². The van der Waals surface area contributed by atoms with Crippen LogP contribution in [0.1, 0.15) is 12.8 Å². The lowest BCUT2D eigenvalue weighted by molar-refractivity contribution is 0.513. The highest BCUT2D eigenvalue weighted by atomic mass is 16.4. The van der Waals surface area contributed by atoms with E-state index in [1.54, 1.807) is 18.3 Å². The van der Waals surface area contributed by atoms with Crippen molar-refractivity contribution < 1.29 is 4.42 Å². The highest BCUT2D eigenvalue weighted by Crippen LogP contribution is 2.21. The van der Waals surface area contributed by atoms with Crippen molar-refractivity contribution in [3.8, 4) is 11.5 Å². The first-order chi connectivity index (χ1) is 6.81. The van der Waals surface area contributed by atoms with Crippen molar-refractivity contribution in [2.45, 2.75) is 13.3 Å². The highest BCUT2D eigenvalue weighted by Gasteiger charge is 2.10. The van der Waals surface area contributed by atoms with E-state index in [0.717, 1.165) is 0 Å². The zero-order chi connectivity index (χ0) is 9.97. The number of hydrogen-bond donors (Lipinski definition) is 1. The molecule has 5 nitrogen and oxygen atoms in total. The van der Waals surface area contributed by atoms with Crippen LogP contribution < -0.4 is 5.73 Å². The monoisotopic (exact) mass is 190 g/mol. The van der Waals surface area contributed by atoms with E-state index in [0.29, 0.717) is 29.6 Å². The molecule has 0 aliphatic carbocycles. The highest BCUT2D eigenvalue weighted by molar-refractivity contribution is 5.65. The number of nitrogens with zero attached hydrogens (tertiary/aromatic N) is 3. The molecule has 2 rings (SSSR count). The maximum Gasteiger partial charge on any atom is 0.251 e. The molecule has 0 saturated carbocycles. The molecule has 0 aromatic carbocycles. The first-order valence-corrected chi connectivity index (χ1v) is 4.34. The zero-order valence-corrected chi connectivity index (χ0v) is 7.77. The maximum absolute atomic E-state index is 5.66. The molecule has 0 unspecified atom stereocenters. The third kappa shape index (κ3) is 1.44. The number of rotatable bonds is 2. The van der Waals surface area contributed by atoms with Crippen molar-refractivity contribution >= 4 is 5.82 Å². The van der Waals surface area contributed by atoms with E-state index in [2.05, 4.69) is 15.2 Å². The smallest absolute Gasteiger partial charge is 0.251 e. The molecule has 0 amide bonds. The minimum atomic E-state index is 0.402. The fourth-order valence-corrected chi connectivity index (χ4v) is 1.10.